The summed E-state index contributed by atoms with van der Waals surface area (Å²) in [5.74, 6) is -0.606. The number of carbonyl (C=O) groups is 1. The highest BCUT2D eigenvalue weighted by atomic mass is 35.5. The predicted molar refractivity (Wildman–Crippen MR) is 83.6 cm³/mol. The molecule has 3 rings (SSSR count). The summed E-state index contributed by atoms with van der Waals surface area (Å²) in [6, 6.07) is 14.6. The van der Waals surface area contributed by atoms with Gasteiger partial charge in [-0.25, -0.2) is 0 Å². The molecule has 3 nitrogen and oxygen atoms in total. The first kappa shape index (κ1) is 14.1. The first-order valence-corrected chi connectivity index (χ1v) is 7.23. The van der Waals surface area contributed by atoms with E-state index < -0.39 is 11.5 Å². The maximum absolute atomic E-state index is 12.0. The fourth-order valence-corrected chi connectivity index (χ4v) is 3.19. The topological polar surface area (TPSA) is 49.3 Å². The van der Waals surface area contributed by atoms with Crippen LogP contribution in [0.15, 0.2) is 48.5 Å². The minimum absolute atomic E-state index is 0.0560. The largest absolute Gasteiger partial charge is 0.384 e. The van der Waals surface area contributed by atoms with Crippen molar-refractivity contribution in [1.29, 1.82) is 0 Å². The highest BCUT2D eigenvalue weighted by molar-refractivity contribution is 6.30. The predicted octanol–water partition coefficient (Wildman–Crippen LogP) is 3.21. The van der Waals surface area contributed by atoms with E-state index in [-0.39, 0.29) is 5.78 Å². The number of ketones is 1. The first-order valence-electron chi connectivity index (χ1n) is 6.85. The molecule has 0 fully saturated rings. The summed E-state index contributed by atoms with van der Waals surface area (Å²) in [5.41, 5.74) is 0.796. The van der Waals surface area contributed by atoms with Crippen LogP contribution in [0.1, 0.15) is 18.1 Å². The monoisotopic (exact) mass is 301 g/mol. The lowest BCUT2D eigenvalue weighted by molar-refractivity contribution is -0.127. The molecular weight excluding hydrogens is 286 g/mol. The molecule has 0 saturated heterocycles. The summed E-state index contributed by atoms with van der Waals surface area (Å²) in [7, 11) is 0. The van der Waals surface area contributed by atoms with Crippen LogP contribution in [-0.4, -0.2) is 17.4 Å². The third-order valence-corrected chi connectivity index (χ3v) is 4.33. The Morgan fingerprint density at radius 1 is 1.29 bits per heavy atom. The average molecular weight is 302 g/mol. The molecule has 2 aromatic carbocycles. The Morgan fingerprint density at radius 3 is 2.67 bits per heavy atom. The molecule has 1 aliphatic heterocycles. The van der Waals surface area contributed by atoms with E-state index in [1.54, 1.807) is 12.1 Å². The van der Waals surface area contributed by atoms with Crippen molar-refractivity contribution in [2.45, 2.75) is 12.5 Å². The first-order chi connectivity index (χ1) is 10.0. The number of nitrogens with one attached hydrogen (secondary N) is 1. The van der Waals surface area contributed by atoms with Gasteiger partial charge in [-0.1, -0.05) is 41.9 Å². The lowest BCUT2D eigenvalue weighted by Crippen LogP contribution is -2.47. The van der Waals surface area contributed by atoms with Gasteiger partial charge in [0.2, 0.25) is 0 Å². The van der Waals surface area contributed by atoms with Gasteiger partial charge in [-0.2, -0.15) is 0 Å². The van der Waals surface area contributed by atoms with E-state index >= 15 is 0 Å². The molecule has 2 N–H and O–H groups in total. The number of rotatable bonds is 2. The Bertz CT molecular complexity index is 686. The van der Waals surface area contributed by atoms with Gasteiger partial charge in [0.05, 0.1) is 5.92 Å². The maximum atomic E-state index is 12.0. The molecule has 0 amide bonds. The quantitative estimate of drug-likeness (QED) is 0.895. The minimum Gasteiger partial charge on any atom is -0.384 e. The molecule has 1 heterocycles. The number of Topliss-reactive ketones (excluding diaryl/α,β-unsaturated/α-hetero) is 1. The van der Waals surface area contributed by atoms with Gasteiger partial charge in [0.25, 0.3) is 0 Å². The fraction of sp³-hybridized carbons (Fsp3) is 0.235. The van der Waals surface area contributed by atoms with Gasteiger partial charge in [0.1, 0.15) is 11.4 Å². The van der Waals surface area contributed by atoms with Crippen LogP contribution in [0, 0.1) is 5.92 Å². The second-order valence-electron chi connectivity index (χ2n) is 5.37. The molecule has 108 valence electrons. The number of fused-ring (bicyclic) bond motifs is 1. The summed E-state index contributed by atoms with van der Waals surface area (Å²) < 4.78 is 0. The molecule has 0 aromatic heterocycles. The number of aliphatic hydroxyl groups is 1. The van der Waals surface area contributed by atoms with Crippen molar-refractivity contribution >= 4 is 23.1 Å². The zero-order chi connectivity index (χ0) is 15.0. The van der Waals surface area contributed by atoms with Gasteiger partial charge < -0.3 is 10.4 Å². The van der Waals surface area contributed by atoms with Crippen LogP contribution in [0.3, 0.4) is 0 Å². The third-order valence-electron chi connectivity index (χ3n) is 4.10. The summed E-state index contributed by atoms with van der Waals surface area (Å²) in [6.45, 7) is 1.91. The maximum Gasteiger partial charge on any atom is 0.138 e. The minimum atomic E-state index is -1.36. The number of hydrogen-bond acceptors (Lipinski definition) is 3. The number of halogens is 1. The van der Waals surface area contributed by atoms with E-state index in [1.165, 1.54) is 6.92 Å². The third kappa shape index (κ3) is 2.23. The van der Waals surface area contributed by atoms with Crippen LogP contribution in [0.25, 0.3) is 0 Å². The molecule has 21 heavy (non-hydrogen) atoms. The van der Waals surface area contributed by atoms with Crippen molar-refractivity contribution in [3.63, 3.8) is 0 Å². The number of carbonyl (C=O) groups excluding carboxylic acids is 1. The zero-order valence-electron chi connectivity index (χ0n) is 11.6. The van der Waals surface area contributed by atoms with Crippen LogP contribution in [0.2, 0.25) is 5.02 Å². The Labute approximate surface area is 128 Å². The van der Waals surface area contributed by atoms with Gasteiger partial charge >= 0.3 is 0 Å². The van der Waals surface area contributed by atoms with Gasteiger partial charge in [0, 0.05) is 22.8 Å². The van der Waals surface area contributed by atoms with Crippen molar-refractivity contribution in [1.82, 2.24) is 0 Å². The van der Waals surface area contributed by atoms with Crippen molar-refractivity contribution in [3.05, 3.63) is 64.7 Å². The highest BCUT2D eigenvalue weighted by Crippen LogP contribution is 2.44. The Balaban J connectivity index is 2.26. The standard InChI is InChI=1S/C17H16ClNO2/c1-11(20)15-10-19-16-8-7-13(18)9-14(16)17(15,21)12-5-3-2-4-6-12/h2-9,15,19,21H,10H2,1H3. The van der Waals surface area contributed by atoms with Crippen LogP contribution in [0.5, 0.6) is 0 Å². The molecular formula is C17H16ClNO2. The molecule has 0 saturated carbocycles. The molecule has 0 aliphatic carbocycles. The van der Waals surface area contributed by atoms with E-state index in [4.69, 9.17) is 11.6 Å². The molecule has 2 aromatic rings. The van der Waals surface area contributed by atoms with Crippen molar-refractivity contribution in [2.24, 2.45) is 5.92 Å². The molecule has 2 unspecified atom stereocenters. The van der Waals surface area contributed by atoms with E-state index in [2.05, 4.69) is 5.32 Å². The summed E-state index contributed by atoms with van der Waals surface area (Å²) in [6.07, 6.45) is 0. The second kappa shape index (κ2) is 5.17. The summed E-state index contributed by atoms with van der Waals surface area (Å²) in [4.78, 5) is 12.0. The van der Waals surface area contributed by atoms with Crippen LogP contribution in [0.4, 0.5) is 5.69 Å². The molecule has 1 aliphatic rings. The van der Waals surface area contributed by atoms with Crippen LogP contribution >= 0.6 is 11.6 Å². The fourth-order valence-electron chi connectivity index (χ4n) is 3.02. The van der Waals surface area contributed by atoms with Gasteiger partial charge in [-0.15, -0.1) is 0 Å². The van der Waals surface area contributed by atoms with Crippen molar-refractivity contribution < 1.29 is 9.90 Å². The summed E-state index contributed by atoms with van der Waals surface area (Å²) >= 11 is 6.09. The lowest BCUT2D eigenvalue weighted by atomic mass is 9.72. The number of anilines is 1. The zero-order valence-corrected chi connectivity index (χ0v) is 12.4. The highest BCUT2D eigenvalue weighted by Gasteiger charge is 2.46. The SMILES string of the molecule is CC(=O)C1CNc2ccc(Cl)cc2C1(O)c1ccccc1. The Hall–Kier alpha value is -1.84. The normalized spacial score (nSPS) is 24.0. The van der Waals surface area contributed by atoms with Gasteiger partial charge in [-0.3, -0.25) is 4.79 Å². The Kier molecular flexibility index (Phi) is 3.47. The summed E-state index contributed by atoms with van der Waals surface area (Å²) in [5, 5.41) is 15.2. The number of hydrogen-bond donors (Lipinski definition) is 2. The van der Waals surface area contributed by atoms with Gasteiger partial charge in [0.15, 0.2) is 0 Å². The average Bonchev–Trinajstić information content (AvgIpc) is 2.48. The van der Waals surface area contributed by atoms with E-state index in [0.717, 1.165) is 5.69 Å². The smallest absolute Gasteiger partial charge is 0.138 e. The van der Waals surface area contributed by atoms with E-state index in [9.17, 15) is 9.90 Å². The van der Waals surface area contributed by atoms with Crippen LogP contribution < -0.4 is 5.32 Å². The van der Waals surface area contributed by atoms with E-state index in [0.29, 0.717) is 22.7 Å². The van der Waals surface area contributed by atoms with Gasteiger partial charge in [-0.05, 0) is 30.7 Å². The van der Waals surface area contributed by atoms with Crippen molar-refractivity contribution in [3.8, 4) is 0 Å². The second-order valence-corrected chi connectivity index (χ2v) is 5.80. The Morgan fingerprint density at radius 2 is 2.00 bits per heavy atom. The molecule has 4 heteroatoms. The molecule has 0 bridgehead atoms. The van der Waals surface area contributed by atoms with E-state index in [1.807, 2.05) is 36.4 Å². The number of benzene rings is 2. The molecule has 2 atom stereocenters. The molecule has 0 radical (unpaired) electrons. The molecule has 0 spiro atoms. The van der Waals surface area contributed by atoms with Crippen LogP contribution in [-0.2, 0) is 10.4 Å². The lowest BCUT2D eigenvalue weighted by Gasteiger charge is -2.41. The van der Waals surface area contributed by atoms with Crippen molar-refractivity contribution in [2.75, 3.05) is 11.9 Å².